The molecule has 1 saturated carbocycles. The fourth-order valence-electron chi connectivity index (χ4n) is 2.03. The minimum Gasteiger partial charge on any atom is -0.488 e. The van der Waals surface area contributed by atoms with E-state index in [-0.39, 0.29) is 5.91 Å². The molecule has 3 nitrogen and oxygen atoms in total. The molecule has 1 amide bonds. The molecule has 0 atom stereocenters. The third kappa shape index (κ3) is 3.85. The van der Waals surface area contributed by atoms with E-state index in [1.54, 1.807) is 6.07 Å². The molecule has 1 fully saturated rings. The van der Waals surface area contributed by atoms with Gasteiger partial charge in [-0.2, -0.15) is 0 Å². The largest absolute Gasteiger partial charge is 0.488 e. The topological polar surface area (TPSA) is 38.3 Å². The fraction of sp³-hybridized carbons (Fsp3) is 0.235. The highest BCUT2D eigenvalue weighted by Crippen LogP contribution is 2.26. The maximum absolute atomic E-state index is 12.3. The molecule has 2 aromatic rings. The molecule has 0 radical (unpaired) electrons. The van der Waals surface area contributed by atoms with Crippen molar-refractivity contribution in [1.29, 1.82) is 0 Å². The van der Waals surface area contributed by atoms with Gasteiger partial charge in [0.25, 0.3) is 5.91 Å². The monoisotopic (exact) mass is 345 g/mol. The van der Waals surface area contributed by atoms with Crippen molar-refractivity contribution in [3.8, 4) is 5.75 Å². The number of benzene rings is 2. The zero-order valence-electron chi connectivity index (χ0n) is 11.5. The summed E-state index contributed by atoms with van der Waals surface area (Å²) >= 11 is 3.41. The summed E-state index contributed by atoms with van der Waals surface area (Å²) in [5, 5.41) is 3.00. The van der Waals surface area contributed by atoms with Gasteiger partial charge < -0.3 is 10.1 Å². The average molecular weight is 346 g/mol. The molecule has 2 aromatic carbocycles. The molecule has 0 aliphatic heterocycles. The van der Waals surface area contributed by atoms with Crippen molar-refractivity contribution < 1.29 is 9.53 Å². The number of hydrogen-bond acceptors (Lipinski definition) is 2. The molecule has 108 valence electrons. The Hall–Kier alpha value is -1.81. The van der Waals surface area contributed by atoms with E-state index < -0.39 is 0 Å². The molecule has 0 aromatic heterocycles. The minimum absolute atomic E-state index is 0.0677. The number of carbonyl (C=O) groups is 1. The zero-order chi connectivity index (χ0) is 14.7. The lowest BCUT2D eigenvalue weighted by molar-refractivity contribution is 0.0946. The number of halogens is 1. The fourth-order valence-corrected chi connectivity index (χ4v) is 2.39. The number of rotatable bonds is 5. The van der Waals surface area contributed by atoms with Crippen molar-refractivity contribution >= 4 is 21.8 Å². The van der Waals surface area contributed by atoms with Gasteiger partial charge in [-0.3, -0.25) is 4.79 Å². The number of amides is 1. The Morgan fingerprint density at radius 2 is 1.95 bits per heavy atom. The van der Waals surface area contributed by atoms with E-state index in [2.05, 4.69) is 21.2 Å². The standard InChI is InChI=1S/C17H16BrNO2/c18-13-6-9-16(21-11-12-4-2-1-3-5-12)15(10-13)17(20)19-14-7-8-14/h1-6,9-10,14H,7-8,11H2,(H,19,20). The summed E-state index contributed by atoms with van der Waals surface area (Å²) in [6, 6.07) is 15.8. The van der Waals surface area contributed by atoms with Crippen molar-refractivity contribution in [3.05, 3.63) is 64.1 Å². The van der Waals surface area contributed by atoms with E-state index in [0.717, 1.165) is 22.9 Å². The molecule has 0 saturated heterocycles. The van der Waals surface area contributed by atoms with Crippen LogP contribution in [-0.2, 0) is 6.61 Å². The van der Waals surface area contributed by atoms with Crippen LogP contribution in [0.1, 0.15) is 28.8 Å². The summed E-state index contributed by atoms with van der Waals surface area (Å²) in [5.74, 6) is 0.544. The summed E-state index contributed by atoms with van der Waals surface area (Å²) in [6.07, 6.45) is 2.14. The molecule has 4 heteroatoms. The van der Waals surface area contributed by atoms with Crippen LogP contribution in [0.4, 0.5) is 0 Å². The van der Waals surface area contributed by atoms with Gasteiger partial charge in [0.15, 0.2) is 0 Å². The van der Waals surface area contributed by atoms with E-state index in [1.807, 2.05) is 42.5 Å². The quantitative estimate of drug-likeness (QED) is 0.891. The van der Waals surface area contributed by atoms with Crippen LogP contribution in [-0.4, -0.2) is 11.9 Å². The maximum atomic E-state index is 12.3. The van der Waals surface area contributed by atoms with Gasteiger partial charge in [-0.15, -0.1) is 0 Å². The Labute approximate surface area is 132 Å². The molecule has 0 heterocycles. The van der Waals surface area contributed by atoms with Gasteiger partial charge in [0.2, 0.25) is 0 Å². The minimum atomic E-state index is -0.0677. The summed E-state index contributed by atoms with van der Waals surface area (Å²) in [5.41, 5.74) is 1.65. The molecule has 1 aliphatic rings. The molecule has 1 aliphatic carbocycles. The van der Waals surface area contributed by atoms with Gasteiger partial charge in [-0.1, -0.05) is 46.3 Å². The average Bonchev–Trinajstić information content (AvgIpc) is 3.31. The molecule has 3 rings (SSSR count). The van der Waals surface area contributed by atoms with Crippen molar-refractivity contribution in [2.24, 2.45) is 0 Å². The Morgan fingerprint density at radius 3 is 2.67 bits per heavy atom. The Kier molecular flexibility index (Phi) is 4.25. The SMILES string of the molecule is O=C(NC1CC1)c1cc(Br)ccc1OCc1ccccc1. The van der Waals surface area contributed by atoms with Crippen LogP contribution in [0.15, 0.2) is 53.0 Å². The van der Waals surface area contributed by atoms with E-state index in [0.29, 0.717) is 24.0 Å². The molecule has 0 spiro atoms. The van der Waals surface area contributed by atoms with Crippen molar-refractivity contribution in [2.75, 3.05) is 0 Å². The third-order valence-electron chi connectivity index (χ3n) is 3.34. The normalized spacial score (nSPS) is 13.8. The van der Waals surface area contributed by atoms with E-state index in [1.165, 1.54) is 0 Å². The van der Waals surface area contributed by atoms with Crippen molar-refractivity contribution in [1.82, 2.24) is 5.32 Å². The van der Waals surface area contributed by atoms with E-state index in [9.17, 15) is 4.79 Å². The Bertz CT molecular complexity index is 638. The van der Waals surface area contributed by atoms with Gasteiger partial charge in [0.05, 0.1) is 5.56 Å². The van der Waals surface area contributed by atoms with E-state index >= 15 is 0 Å². The summed E-state index contributed by atoms with van der Waals surface area (Å²) in [7, 11) is 0. The number of hydrogen-bond donors (Lipinski definition) is 1. The molecule has 21 heavy (non-hydrogen) atoms. The first kappa shape index (κ1) is 14.1. The zero-order valence-corrected chi connectivity index (χ0v) is 13.1. The predicted molar refractivity (Wildman–Crippen MR) is 85.4 cm³/mol. The number of nitrogens with one attached hydrogen (secondary N) is 1. The van der Waals surface area contributed by atoms with Crippen LogP contribution in [0.5, 0.6) is 5.75 Å². The maximum Gasteiger partial charge on any atom is 0.255 e. The van der Waals surface area contributed by atoms with Crippen LogP contribution < -0.4 is 10.1 Å². The van der Waals surface area contributed by atoms with Gasteiger partial charge in [0.1, 0.15) is 12.4 Å². The van der Waals surface area contributed by atoms with Gasteiger partial charge >= 0.3 is 0 Å². The second-order valence-corrected chi connectivity index (χ2v) is 6.08. The van der Waals surface area contributed by atoms with Gasteiger partial charge in [0, 0.05) is 10.5 Å². The van der Waals surface area contributed by atoms with Crippen LogP contribution in [0.2, 0.25) is 0 Å². The lowest BCUT2D eigenvalue weighted by Gasteiger charge is -2.12. The highest BCUT2D eigenvalue weighted by Gasteiger charge is 2.25. The summed E-state index contributed by atoms with van der Waals surface area (Å²) in [6.45, 7) is 0.451. The Balaban J connectivity index is 1.75. The predicted octanol–water partition coefficient (Wildman–Crippen LogP) is 3.92. The van der Waals surface area contributed by atoms with Gasteiger partial charge in [-0.25, -0.2) is 0 Å². The molecular formula is C17H16BrNO2. The highest BCUT2D eigenvalue weighted by atomic mass is 79.9. The lowest BCUT2D eigenvalue weighted by Crippen LogP contribution is -2.25. The van der Waals surface area contributed by atoms with Gasteiger partial charge in [-0.05, 0) is 36.6 Å². The van der Waals surface area contributed by atoms with Crippen molar-refractivity contribution in [3.63, 3.8) is 0 Å². The summed E-state index contributed by atoms with van der Waals surface area (Å²) in [4.78, 5) is 12.3. The van der Waals surface area contributed by atoms with Crippen LogP contribution >= 0.6 is 15.9 Å². The second-order valence-electron chi connectivity index (χ2n) is 5.16. The van der Waals surface area contributed by atoms with E-state index in [4.69, 9.17) is 4.74 Å². The first-order valence-electron chi connectivity index (χ1n) is 6.99. The Morgan fingerprint density at radius 1 is 1.19 bits per heavy atom. The second kappa shape index (κ2) is 6.31. The summed E-state index contributed by atoms with van der Waals surface area (Å²) < 4.78 is 6.69. The first-order valence-corrected chi connectivity index (χ1v) is 7.79. The molecule has 1 N–H and O–H groups in total. The lowest BCUT2D eigenvalue weighted by atomic mass is 10.2. The third-order valence-corrected chi connectivity index (χ3v) is 3.83. The first-order chi connectivity index (χ1) is 10.2. The number of carbonyl (C=O) groups excluding carboxylic acids is 1. The highest BCUT2D eigenvalue weighted by molar-refractivity contribution is 9.10. The number of ether oxygens (including phenoxy) is 1. The van der Waals surface area contributed by atoms with Crippen LogP contribution in [0.3, 0.4) is 0 Å². The molecule has 0 bridgehead atoms. The molecular weight excluding hydrogens is 330 g/mol. The molecule has 0 unspecified atom stereocenters. The van der Waals surface area contributed by atoms with Crippen molar-refractivity contribution in [2.45, 2.75) is 25.5 Å². The van der Waals surface area contributed by atoms with Crippen LogP contribution in [0.25, 0.3) is 0 Å². The van der Waals surface area contributed by atoms with Crippen LogP contribution in [0, 0.1) is 0 Å². The smallest absolute Gasteiger partial charge is 0.255 e.